The van der Waals surface area contributed by atoms with E-state index in [4.69, 9.17) is 53.0 Å². The summed E-state index contributed by atoms with van der Waals surface area (Å²) in [7, 11) is 15.4. The van der Waals surface area contributed by atoms with Crippen molar-refractivity contribution in [3.05, 3.63) is 335 Å². The molecular formula is C104H65N24O12Pt6-9. The van der Waals surface area contributed by atoms with Crippen LogP contribution >= 0.6 is 0 Å². The second-order valence-corrected chi connectivity index (χ2v) is 32.8. The van der Waals surface area contributed by atoms with Crippen LogP contribution in [0.4, 0.5) is 5.69 Å². The minimum atomic E-state index is 0. The molecule has 24 heterocycles. The van der Waals surface area contributed by atoms with E-state index < -0.39 is 0 Å². The number of imidazole rings is 11. The maximum Gasteiger partial charge on any atom is 2.00 e. The number of fused-ring (bicyclic) bond motifs is 12. The number of hydrogen-bond acceptors (Lipinski definition) is 19. The molecule has 0 N–H and O–H groups in total. The molecule has 0 saturated heterocycles. The molecule has 0 spiro atoms. The molecule has 1 aliphatic rings. The molecule has 0 bridgehead atoms. The van der Waals surface area contributed by atoms with Crippen LogP contribution in [0.2, 0.25) is 0 Å². The Morgan fingerprint density at radius 2 is 0.616 bits per heavy atom. The third-order valence-corrected chi connectivity index (χ3v) is 23.3. The third-order valence-electron chi connectivity index (χ3n) is 23.3. The summed E-state index contributed by atoms with van der Waals surface area (Å²) in [5.74, 6) is 0. The number of aryl methyl sites for hydroxylation is 7. The summed E-state index contributed by atoms with van der Waals surface area (Å²) in [6.07, 6.45) is 92.2. The third kappa shape index (κ3) is 18.5. The van der Waals surface area contributed by atoms with Gasteiger partial charge in [-0.3, -0.25) is 0 Å². The van der Waals surface area contributed by atoms with Gasteiger partial charge in [0.2, 0.25) is 19.0 Å². The molecule has 0 atom stereocenters. The summed E-state index contributed by atoms with van der Waals surface area (Å²) in [6, 6.07) is 31.7. The molecular weight excluding hydrogens is 2950 g/mol. The molecule has 36 nitrogen and oxygen atoms in total. The average molecular weight is 3010 g/mol. The van der Waals surface area contributed by atoms with Gasteiger partial charge < -0.3 is 151 Å². The zero-order chi connectivity index (χ0) is 94.1. The Morgan fingerprint density at radius 3 is 0.911 bits per heavy atom. The molecule has 0 fully saturated rings. The van der Waals surface area contributed by atoms with E-state index in [0.717, 1.165) is 173 Å². The van der Waals surface area contributed by atoms with Gasteiger partial charge in [-0.2, -0.15) is 0 Å². The number of furan rings is 12. The SMILES string of the molecule is C[n+]1[c-]n(-c2coc3cc4occ(-n5[c-]ncc5)c4[c-]c23)cc1.C[n+]1[c-]n(-c2coc3cc4occ(-n5[c-]ncc5)c4[c-]c23)cc1.Cn1[c-]nc(-c2coc3cc4occ(-n5[c-][n+](C)cc5)c4[c-]c23)c1.Cn1[c-]nc(-c2coc3cc4occ([N+]5=CC[N+](C)=[C-]5)c4[c-]c23)c1.Cn1c[c-][n+](-c2coc3cc4occ(-n5[c-]ncc5)c4[c-]c23)c1.Cn1cnc(-c2coc3cc4occ(-n5[c-]ncc5)c4[c-]c23)c1.[Pt+2].[Pt].[Pt].[Pt].[Pt].[Pt]. The fraction of sp³-hybridized carbons (Fsp3) is 0.0865. The van der Waals surface area contributed by atoms with Crippen LogP contribution in [0, 0.1) is 99.5 Å². The van der Waals surface area contributed by atoms with E-state index in [0.29, 0.717) is 50.2 Å². The minimum Gasteiger partial charge on any atom is -0.508 e. The zero-order valence-electron chi connectivity index (χ0n) is 76.8. The molecule has 30 rings (SSSR count). The fourth-order valence-corrected chi connectivity index (χ4v) is 16.6. The van der Waals surface area contributed by atoms with E-state index in [1.54, 1.807) is 134 Å². The first-order chi connectivity index (χ1) is 68.5. The molecule has 23 aromatic heterocycles. The molecule has 0 aliphatic carbocycles. The van der Waals surface area contributed by atoms with Crippen molar-refractivity contribution in [3.63, 3.8) is 0 Å². The van der Waals surface area contributed by atoms with Crippen LogP contribution in [0.1, 0.15) is 0 Å². The Labute approximate surface area is 911 Å². The molecule has 29 aromatic rings. The van der Waals surface area contributed by atoms with E-state index in [1.807, 2.05) is 242 Å². The van der Waals surface area contributed by atoms with Crippen LogP contribution in [-0.4, -0.2) is 120 Å². The molecule has 42 heteroatoms. The normalized spacial score (nSPS) is 11.7. The molecule has 6 aromatic carbocycles. The predicted molar refractivity (Wildman–Crippen MR) is 496 cm³/mol. The van der Waals surface area contributed by atoms with Crippen molar-refractivity contribution in [3.8, 4) is 79.3 Å². The van der Waals surface area contributed by atoms with E-state index in [-0.39, 0.29) is 126 Å². The van der Waals surface area contributed by atoms with Gasteiger partial charge in [0.25, 0.3) is 0 Å². The van der Waals surface area contributed by atoms with Crippen LogP contribution in [0.15, 0.2) is 289 Å². The van der Waals surface area contributed by atoms with Gasteiger partial charge in [0.05, 0.1) is 199 Å². The summed E-state index contributed by atoms with van der Waals surface area (Å²) in [4.78, 5) is 28.8. The van der Waals surface area contributed by atoms with Gasteiger partial charge in [-0.1, -0.05) is 110 Å². The fourth-order valence-electron chi connectivity index (χ4n) is 16.6. The summed E-state index contributed by atoms with van der Waals surface area (Å²) in [5, 5.41) is 10.4. The summed E-state index contributed by atoms with van der Waals surface area (Å²) < 4.78 is 99.2. The monoisotopic (exact) mass is 3010 g/mol. The van der Waals surface area contributed by atoms with Gasteiger partial charge in [0, 0.05) is 229 Å². The minimum absolute atomic E-state index is 0. The Balaban J connectivity index is 0.000000110. The van der Waals surface area contributed by atoms with Crippen molar-refractivity contribution in [1.29, 1.82) is 0 Å². The van der Waals surface area contributed by atoms with Crippen molar-refractivity contribution in [2.24, 2.45) is 49.3 Å². The van der Waals surface area contributed by atoms with Crippen LogP contribution in [0.5, 0.6) is 0 Å². The van der Waals surface area contributed by atoms with Crippen LogP contribution < -0.4 is 18.3 Å². The molecule has 742 valence electrons. The van der Waals surface area contributed by atoms with Gasteiger partial charge in [-0.05, 0) is 83.0 Å². The van der Waals surface area contributed by atoms with Crippen LogP contribution in [-0.2, 0) is 176 Å². The number of nitrogens with zero attached hydrogens (tertiary/aromatic N) is 24. The van der Waals surface area contributed by atoms with E-state index in [9.17, 15) is 0 Å². The first-order valence-corrected chi connectivity index (χ1v) is 43.1. The molecule has 0 amide bonds. The van der Waals surface area contributed by atoms with Crippen molar-refractivity contribution >= 4 is 150 Å². The van der Waals surface area contributed by atoms with Crippen molar-refractivity contribution in [2.75, 3.05) is 13.6 Å². The maximum absolute atomic E-state index is 5.69. The number of rotatable bonds is 12. The second-order valence-electron chi connectivity index (χ2n) is 32.8. The summed E-state index contributed by atoms with van der Waals surface area (Å²) in [5.41, 5.74) is 21.5. The first kappa shape index (κ1) is 99.3. The van der Waals surface area contributed by atoms with Crippen molar-refractivity contribution in [1.82, 2.24) is 85.1 Å². The maximum atomic E-state index is 5.69. The summed E-state index contributed by atoms with van der Waals surface area (Å²) >= 11 is 0. The smallest absolute Gasteiger partial charge is 0.508 e. The summed E-state index contributed by atoms with van der Waals surface area (Å²) in [6.45, 7) is 0.815. The van der Waals surface area contributed by atoms with Gasteiger partial charge in [-0.15, -0.1) is 48.8 Å². The molecule has 1 aliphatic heterocycles. The molecule has 0 radical (unpaired) electrons. The number of benzene rings is 6. The molecule has 0 saturated carbocycles. The largest absolute Gasteiger partial charge is 2.00 e. The Bertz CT molecular complexity index is 8930. The predicted octanol–water partition coefficient (Wildman–Crippen LogP) is 15.5. The molecule has 0 unspecified atom stereocenters. The van der Waals surface area contributed by atoms with Crippen molar-refractivity contribution < 1.29 is 207 Å². The van der Waals surface area contributed by atoms with Crippen molar-refractivity contribution in [2.45, 2.75) is 0 Å². The molecule has 146 heavy (non-hydrogen) atoms. The Morgan fingerprint density at radius 1 is 0.315 bits per heavy atom. The first-order valence-electron chi connectivity index (χ1n) is 43.1. The van der Waals surface area contributed by atoms with Crippen LogP contribution in [0.25, 0.3) is 211 Å². The second kappa shape index (κ2) is 41.0. The topological polar surface area (TPSA) is 324 Å². The van der Waals surface area contributed by atoms with E-state index in [2.05, 4.69) is 141 Å². The van der Waals surface area contributed by atoms with E-state index >= 15 is 0 Å². The zero-order valence-corrected chi connectivity index (χ0v) is 90.4. The van der Waals surface area contributed by atoms with E-state index in [1.165, 1.54) is 0 Å². The van der Waals surface area contributed by atoms with Gasteiger partial charge in [0.1, 0.15) is 25.9 Å². The Kier molecular flexibility index (Phi) is 27.9. The van der Waals surface area contributed by atoms with Gasteiger partial charge in [-0.25, -0.2) is 14.1 Å². The standard InChI is InChI=1S/C18H13N4O2.C18H12N4O2.4C17H10N4O2.6Pt/c2*1-20-3-4-22(11-20)16-9-24-18-6-17-12(5-13(16)18)14(8-23-17)15-7-21(2)10-19-15;1-20-6-14(19-10-20)13-7-22-16-5-17-12(4-11(13)16)15(8-23-17)21-3-2-18-9-21;3*1-19-4-5-21(11-19)15-9-23-17-7-16-12(6-13(15)17)14(8-22-16)20-3-2-18-10-20;;;;;;/h4,6-9H,3H2,1-2H3;3-4,6-9H,1-2H3;2-3,5-8,10H,1H3;2-4,7-9,11H,1H3;2*2-5,7-9H,1H3;;;;;;/q-1;5*-2;;;;;;+2. The van der Waals surface area contributed by atoms with Crippen LogP contribution in [0.3, 0.4) is 0 Å². The van der Waals surface area contributed by atoms with Gasteiger partial charge in [0.15, 0.2) is 12.2 Å². The van der Waals surface area contributed by atoms with Gasteiger partial charge >= 0.3 is 27.4 Å². The Hall–Kier alpha value is -15.4. The number of hydrogen-bond donors (Lipinski definition) is 0. The average Bonchev–Trinajstić information content (AvgIpc) is 1.63. The quantitative estimate of drug-likeness (QED) is 0.0810. The number of aromatic nitrogens is 22.